The molecule has 1 heterocycles. The van der Waals surface area contributed by atoms with Crippen molar-refractivity contribution in [1.29, 1.82) is 0 Å². The molecule has 0 saturated carbocycles. The maximum absolute atomic E-state index is 10.9. The van der Waals surface area contributed by atoms with Crippen LogP contribution in [0.15, 0.2) is 65.6 Å². The minimum atomic E-state index is -1.30. The Kier molecular flexibility index (Phi) is 10.1. The molecule has 0 bridgehead atoms. The van der Waals surface area contributed by atoms with Crippen molar-refractivity contribution in [3.05, 3.63) is 87.7 Å². The average Bonchev–Trinajstić information content (AvgIpc) is 2.83. The van der Waals surface area contributed by atoms with Gasteiger partial charge >= 0.3 is 0 Å². The van der Waals surface area contributed by atoms with E-state index in [1.807, 2.05) is 18.2 Å². The summed E-state index contributed by atoms with van der Waals surface area (Å²) in [5, 5.41) is 12.1. The Hall–Kier alpha value is -2.67. The van der Waals surface area contributed by atoms with E-state index in [1.54, 1.807) is 31.4 Å². The van der Waals surface area contributed by atoms with Crippen LogP contribution in [0.3, 0.4) is 0 Å². The van der Waals surface area contributed by atoms with Gasteiger partial charge in [0.2, 0.25) is 0 Å². The van der Waals surface area contributed by atoms with Crippen LogP contribution in [0.2, 0.25) is 10.0 Å². The standard InChI is InChI=1S/C26H25Cl2NO4S/c1-32-20-11-8-18(9-12-20)5-2-3-16-33-24-14-10-19(29-23(24)13-15-25(30)31)17-34-26-21(27)6-4-7-22(26)28/h4,6-15H,2-3,5,16-17H2,1H3,(H,30,31)/p-1/b15-13+. The quantitative estimate of drug-likeness (QED) is 0.170. The molecular formula is C26H24Cl2NO4S-. The first kappa shape index (κ1) is 25.9. The van der Waals surface area contributed by atoms with Gasteiger partial charge in [-0.1, -0.05) is 41.4 Å². The molecule has 0 aliphatic rings. The molecule has 0 radical (unpaired) electrons. The Morgan fingerprint density at radius 1 is 1.06 bits per heavy atom. The van der Waals surface area contributed by atoms with Crippen molar-refractivity contribution < 1.29 is 19.4 Å². The number of carboxylic acid groups (broad SMARTS) is 1. The first-order valence-corrected chi connectivity index (χ1v) is 12.4. The number of pyridine rings is 1. The van der Waals surface area contributed by atoms with Crippen molar-refractivity contribution in [2.24, 2.45) is 0 Å². The van der Waals surface area contributed by atoms with Crippen LogP contribution >= 0.6 is 35.0 Å². The molecular weight excluding hydrogens is 493 g/mol. The number of benzene rings is 2. The number of hydrogen-bond acceptors (Lipinski definition) is 6. The lowest BCUT2D eigenvalue weighted by Gasteiger charge is -2.11. The van der Waals surface area contributed by atoms with Gasteiger partial charge in [0.15, 0.2) is 0 Å². The number of aromatic nitrogens is 1. The Morgan fingerprint density at radius 2 is 1.79 bits per heavy atom. The van der Waals surface area contributed by atoms with Gasteiger partial charge < -0.3 is 19.4 Å². The topological polar surface area (TPSA) is 71.5 Å². The lowest BCUT2D eigenvalue weighted by molar-refractivity contribution is -0.297. The highest BCUT2D eigenvalue weighted by atomic mass is 35.5. The van der Waals surface area contributed by atoms with E-state index in [0.29, 0.717) is 33.8 Å². The van der Waals surface area contributed by atoms with Gasteiger partial charge in [0.25, 0.3) is 0 Å². The summed E-state index contributed by atoms with van der Waals surface area (Å²) in [4.78, 5) is 16.3. The molecule has 0 amide bonds. The summed E-state index contributed by atoms with van der Waals surface area (Å²) in [5.41, 5.74) is 2.41. The molecule has 3 aromatic rings. The van der Waals surface area contributed by atoms with Gasteiger partial charge in [-0.25, -0.2) is 4.98 Å². The van der Waals surface area contributed by atoms with Gasteiger partial charge in [0.05, 0.1) is 35.4 Å². The zero-order chi connectivity index (χ0) is 24.3. The molecule has 8 heteroatoms. The van der Waals surface area contributed by atoms with Crippen molar-refractivity contribution in [3.63, 3.8) is 0 Å². The molecule has 5 nitrogen and oxygen atoms in total. The molecule has 0 aliphatic heterocycles. The van der Waals surface area contributed by atoms with Crippen molar-refractivity contribution in [3.8, 4) is 11.5 Å². The van der Waals surface area contributed by atoms with E-state index < -0.39 is 5.97 Å². The summed E-state index contributed by atoms with van der Waals surface area (Å²) in [6, 6.07) is 17.0. The number of nitrogens with zero attached hydrogens (tertiary/aromatic N) is 1. The van der Waals surface area contributed by atoms with Crippen LogP contribution in [-0.2, 0) is 17.0 Å². The van der Waals surface area contributed by atoms with Crippen molar-refractivity contribution in [2.75, 3.05) is 13.7 Å². The highest BCUT2D eigenvalue weighted by molar-refractivity contribution is 7.98. The number of carbonyl (C=O) groups is 1. The van der Waals surface area contributed by atoms with Gasteiger partial charge in [-0.3, -0.25) is 0 Å². The molecule has 1 aromatic heterocycles. The van der Waals surface area contributed by atoms with Gasteiger partial charge in [0.1, 0.15) is 17.2 Å². The second kappa shape index (κ2) is 13.3. The monoisotopic (exact) mass is 516 g/mol. The maximum atomic E-state index is 10.9. The summed E-state index contributed by atoms with van der Waals surface area (Å²) in [7, 11) is 1.65. The molecule has 0 saturated heterocycles. The Labute approximate surface area is 213 Å². The van der Waals surface area contributed by atoms with Crippen LogP contribution in [0.1, 0.15) is 29.8 Å². The predicted molar refractivity (Wildman–Crippen MR) is 136 cm³/mol. The highest BCUT2D eigenvalue weighted by Gasteiger charge is 2.10. The lowest BCUT2D eigenvalue weighted by atomic mass is 10.1. The van der Waals surface area contributed by atoms with E-state index in [-0.39, 0.29) is 0 Å². The molecule has 34 heavy (non-hydrogen) atoms. The van der Waals surface area contributed by atoms with E-state index in [9.17, 15) is 9.90 Å². The summed E-state index contributed by atoms with van der Waals surface area (Å²) >= 11 is 13.9. The van der Waals surface area contributed by atoms with Crippen LogP contribution in [0.4, 0.5) is 0 Å². The van der Waals surface area contributed by atoms with E-state index in [0.717, 1.165) is 41.7 Å². The highest BCUT2D eigenvalue weighted by Crippen LogP contribution is 2.35. The minimum Gasteiger partial charge on any atom is -0.545 e. The largest absolute Gasteiger partial charge is 0.545 e. The fourth-order valence-electron chi connectivity index (χ4n) is 3.15. The Morgan fingerprint density at radius 3 is 2.47 bits per heavy atom. The van der Waals surface area contributed by atoms with Crippen LogP contribution in [-0.4, -0.2) is 24.7 Å². The number of rotatable bonds is 12. The normalized spacial score (nSPS) is 11.0. The lowest BCUT2D eigenvalue weighted by Crippen LogP contribution is -2.18. The van der Waals surface area contributed by atoms with Crippen molar-refractivity contribution in [1.82, 2.24) is 4.98 Å². The zero-order valence-electron chi connectivity index (χ0n) is 18.6. The minimum absolute atomic E-state index is 0.433. The average molecular weight is 517 g/mol. The summed E-state index contributed by atoms with van der Waals surface area (Å²) in [5.74, 6) is 0.576. The van der Waals surface area contributed by atoms with Gasteiger partial charge in [0, 0.05) is 10.6 Å². The third-order valence-corrected chi connectivity index (χ3v) is 6.90. The fraction of sp³-hybridized carbons (Fsp3) is 0.231. The maximum Gasteiger partial charge on any atom is 0.144 e. The Bertz CT molecular complexity index is 1120. The van der Waals surface area contributed by atoms with Crippen molar-refractivity contribution >= 4 is 47.0 Å². The smallest absolute Gasteiger partial charge is 0.144 e. The number of carboxylic acids is 1. The van der Waals surface area contributed by atoms with Crippen LogP contribution < -0.4 is 14.6 Å². The number of aryl methyl sites for hydroxylation is 1. The molecule has 0 atom stereocenters. The fourth-order valence-corrected chi connectivity index (χ4v) is 4.73. The third kappa shape index (κ3) is 7.97. The summed E-state index contributed by atoms with van der Waals surface area (Å²) < 4.78 is 11.1. The SMILES string of the molecule is COc1ccc(CCCCOc2ccc(CSc3c(Cl)cccc3Cl)nc2/C=C/C(=O)[O-])cc1. The second-order valence-electron chi connectivity index (χ2n) is 7.33. The van der Waals surface area contributed by atoms with Crippen LogP contribution in [0.5, 0.6) is 11.5 Å². The molecule has 3 rings (SSSR count). The third-order valence-electron chi connectivity index (χ3n) is 4.88. The van der Waals surface area contributed by atoms with E-state index in [4.69, 9.17) is 32.7 Å². The molecule has 0 aliphatic carbocycles. The first-order valence-electron chi connectivity index (χ1n) is 10.7. The predicted octanol–water partition coefficient (Wildman–Crippen LogP) is 5.85. The summed E-state index contributed by atoms with van der Waals surface area (Å²) in [6.07, 6.45) is 5.07. The van der Waals surface area contributed by atoms with Gasteiger partial charge in [-0.05, 0) is 73.4 Å². The number of hydrogen-bond donors (Lipinski definition) is 0. The number of thioether (sulfide) groups is 1. The molecule has 0 N–H and O–H groups in total. The number of ether oxygens (including phenoxy) is 2. The van der Waals surface area contributed by atoms with E-state index >= 15 is 0 Å². The van der Waals surface area contributed by atoms with E-state index in [1.165, 1.54) is 23.4 Å². The Balaban J connectivity index is 1.58. The summed E-state index contributed by atoms with van der Waals surface area (Å²) in [6.45, 7) is 0.493. The van der Waals surface area contributed by atoms with Crippen LogP contribution in [0.25, 0.3) is 6.08 Å². The van der Waals surface area contributed by atoms with Crippen molar-refractivity contribution in [2.45, 2.75) is 29.9 Å². The number of unbranched alkanes of at least 4 members (excludes halogenated alkanes) is 1. The number of carbonyl (C=O) groups excluding carboxylic acids is 1. The molecule has 178 valence electrons. The second-order valence-corrected chi connectivity index (χ2v) is 9.13. The molecule has 0 spiro atoms. The van der Waals surface area contributed by atoms with E-state index in [2.05, 4.69) is 17.1 Å². The molecule has 0 unspecified atom stereocenters. The zero-order valence-corrected chi connectivity index (χ0v) is 21.0. The number of aliphatic carboxylic acids is 1. The van der Waals surface area contributed by atoms with Crippen LogP contribution in [0, 0.1) is 0 Å². The van der Waals surface area contributed by atoms with Gasteiger partial charge in [-0.2, -0.15) is 0 Å². The number of methoxy groups -OCH3 is 1. The first-order chi connectivity index (χ1) is 16.5. The number of halogens is 2. The van der Waals surface area contributed by atoms with Gasteiger partial charge in [-0.15, -0.1) is 11.8 Å². The molecule has 2 aromatic carbocycles. The molecule has 0 fully saturated rings.